The Hall–Kier alpha value is -2.63. The Bertz CT molecular complexity index is 881. The van der Waals surface area contributed by atoms with E-state index in [0.29, 0.717) is 24.6 Å². The van der Waals surface area contributed by atoms with Gasteiger partial charge in [-0.1, -0.05) is 26.0 Å². The Morgan fingerprint density at radius 3 is 2.71 bits per heavy atom. The fraction of sp³-hybridized carbons (Fsp3) is 0.389. The molecule has 2 N–H and O–H groups in total. The van der Waals surface area contributed by atoms with E-state index >= 15 is 0 Å². The highest BCUT2D eigenvalue weighted by molar-refractivity contribution is 6.07. The van der Waals surface area contributed by atoms with E-state index in [1.165, 1.54) is 5.56 Å². The first-order valence-corrected chi connectivity index (χ1v) is 8.25. The number of carbonyl (C=O) groups is 3. The molecule has 0 spiro atoms. The van der Waals surface area contributed by atoms with Crippen molar-refractivity contribution >= 4 is 28.6 Å². The van der Waals surface area contributed by atoms with E-state index in [1.54, 1.807) is 4.90 Å². The van der Waals surface area contributed by atoms with E-state index in [0.717, 1.165) is 16.5 Å². The molecule has 0 saturated carbocycles. The molecule has 2 aromatic rings. The van der Waals surface area contributed by atoms with Crippen LogP contribution in [0, 0.1) is 0 Å². The first-order valence-electron chi connectivity index (χ1n) is 8.25. The summed E-state index contributed by atoms with van der Waals surface area (Å²) in [6.45, 7) is 4.67. The third-order valence-electron chi connectivity index (χ3n) is 4.99. The quantitative estimate of drug-likeness (QED) is 0.829. The second-order valence-electron chi connectivity index (χ2n) is 6.84. The SMILES string of the molecule is CC(C)c1ccc2c3c([nH]c2c1)C(=O)N(C1CCC(=O)NC1=O)C3. The summed E-state index contributed by atoms with van der Waals surface area (Å²) in [6.07, 6.45) is 0.655. The lowest BCUT2D eigenvalue weighted by molar-refractivity contribution is -0.136. The predicted octanol–water partition coefficient (Wildman–Crippen LogP) is 2.05. The summed E-state index contributed by atoms with van der Waals surface area (Å²) in [5.41, 5.74) is 3.69. The predicted molar refractivity (Wildman–Crippen MR) is 88.4 cm³/mol. The van der Waals surface area contributed by atoms with Crippen LogP contribution in [0.3, 0.4) is 0 Å². The lowest BCUT2D eigenvalue weighted by atomic mass is 10.0. The zero-order valence-corrected chi connectivity index (χ0v) is 13.7. The number of H-pyrrole nitrogens is 1. The van der Waals surface area contributed by atoms with Crippen molar-refractivity contribution in [2.45, 2.75) is 45.2 Å². The van der Waals surface area contributed by atoms with Gasteiger partial charge in [-0.05, 0) is 24.0 Å². The first kappa shape index (κ1) is 14.9. The molecule has 2 aliphatic heterocycles. The number of carbonyl (C=O) groups excluding carboxylic acids is 3. The van der Waals surface area contributed by atoms with Gasteiger partial charge in [0.25, 0.3) is 5.91 Å². The summed E-state index contributed by atoms with van der Waals surface area (Å²) in [6, 6.07) is 5.64. The molecule has 1 aromatic heterocycles. The molecule has 24 heavy (non-hydrogen) atoms. The van der Waals surface area contributed by atoms with E-state index in [1.807, 2.05) is 6.07 Å². The van der Waals surface area contributed by atoms with Gasteiger partial charge in [-0.25, -0.2) is 0 Å². The van der Waals surface area contributed by atoms with Crippen LogP contribution in [-0.4, -0.2) is 33.6 Å². The number of aromatic amines is 1. The third-order valence-corrected chi connectivity index (χ3v) is 4.99. The Kier molecular flexibility index (Phi) is 3.23. The summed E-state index contributed by atoms with van der Waals surface area (Å²) in [5, 5.41) is 3.35. The van der Waals surface area contributed by atoms with Gasteiger partial charge in [0.2, 0.25) is 11.8 Å². The molecule has 6 nitrogen and oxygen atoms in total. The number of amides is 3. The molecule has 2 aliphatic rings. The lowest BCUT2D eigenvalue weighted by Gasteiger charge is -2.29. The van der Waals surface area contributed by atoms with E-state index in [4.69, 9.17) is 0 Å². The van der Waals surface area contributed by atoms with Crippen molar-refractivity contribution < 1.29 is 14.4 Å². The number of hydrogen-bond acceptors (Lipinski definition) is 3. The molecule has 124 valence electrons. The highest BCUT2D eigenvalue weighted by atomic mass is 16.2. The normalized spacial score (nSPS) is 20.9. The maximum atomic E-state index is 12.7. The van der Waals surface area contributed by atoms with Gasteiger partial charge in [-0.3, -0.25) is 19.7 Å². The average Bonchev–Trinajstić information content (AvgIpc) is 3.04. The lowest BCUT2D eigenvalue weighted by Crippen LogP contribution is -2.52. The molecule has 3 heterocycles. The van der Waals surface area contributed by atoms with Crippen LogP contribution in [-0.2, 0) is 16.1 Å². The van der Waals surface area contributed by atoms with E-state index in [2.05, 4.69) is 36.3 Å². The molecule has 4 rings (SSSR count). The Balaban J connectivity index is 1.68. The molecular weight excluding hydrogens is 306 g/mol. The Labute approximate surface area is 139 Å². The fourth-order valence-electron chi connectivity index (χ4n) is 3.60. The minimum atomic E-state index is -0.569. The van der Waals surface area contributed by atoms with Gasteiger partial charge >= 0.3 is 0 Å². The zero-order chi connectivity index (χ0) is 17.0. The molecule has 0 aliphatic carbocycles. The number of aromatic nitrogens is 1. The fourth-order valence-corrected chi connectivity index (χ4v) is 3.60. The van der Waals surface area contributed by atoms with Crippen molar-refractivity contribution in [3.8, 4) is 0 Å². The maximum Gasteiger partial charge on any atom is 0.271 e. The zero-order valence-electron chi connectivity index (χ0n) is 13.7. The molecule has 6 heteroatoms. The Morgan fingerprint density at radius 2 is 2.00 bits per heavy atom. The van der Waals surface area contributed by atoms with Crippen LogP contribution in [0.15, 0.2) is 18.2 Å². The molecular formula is C18H19N3O3. The van der Waals surface area contributed by atoms with Crippen molar-refractivity contribution in [1.82, 2.24) is 15.2 Å². The van der Waals surface area contributed by atoms with Crippen molar-refractivity contribution in [1.29, 1.82) is 0 Å². The summed E-state index contributed by atoms with van der Waals surface area (Å²) < 4.78 is 0. The maximum absolute atomic E-state index is 12.7. The number of fused-ring (bicyclic) bond motifs is 3. The van der Waals surface area contributed by atoms with Crippen LogP contribution in [0.4, 0.5) is 0 Å². The molecule has 1 atom stereocenters. The number of rotatable bonds is 2. The molecule has 1 fully saturated rings. The molecule has 0 radical (unpaired) electrons. The van der Waals surface area contributed by atoms with Crippen LogP contribution in [0.1, 0.15) is 54.2 Å². The minimum Gasteiger partial charge on any atom is -0.350 e. The largest absolute Gasteiger partial charge is 0.350 e. The van der Waals surface area contributed by atoms with Gasteiger partial charge < -0.3 is 9.88 Å². The number of benzene rings is 1. The van der Waals surface area contributed by atoms with Gasteiger partial charge in [0.05, 0.1) is 0 Å². The molecule has 3 amide bonds. The van der Waals surface area contributed by atoms with Crippen LogP contribution in [0.2, 0.25) is 0 Å². The van der Waals surface area contributed by atoms with Crippen LogP contribution < -0.4 is 5.32 Å². The standard InChI is InChI=1S/C18H19N3O3/c1-9(2)10-3-4-11-12-8-21(14-5-6-15(22)20-17(14)23)18(24)16(12)19-13(11)7-10/h3-4,7,9,14,19H,5-6,8H2,1-2H3,(H,20,22,23). The van der Waals surface area contributed by atoms with Gasteiger partial charge in [-0.2, -0.15) is 0 Å². The van der Waals surface area contributed by atoms with Gasteiger partial charge in [0.15, 0.2) is 0 Å². The molecule has 1 aromatic carbocycles. The summed E-state index contributed by atoms with van der Waals surface area (Å²) in [4.78, 5) is 40.9. The molecule has 1 unspecified atom stereocenters. The number of piperidine rings is 1. The van der Waals surface area contributed by atoms with Gasteiger partial charge in [-0.15, -0.1) is 0 Å². The minimum absolute atomic E-state index is 0.165. The van der Waals surface area contributed by atoms with Crippen molar-refractivity contribution in [2.75, 3.05) is 0 Å². The number of hydrogen-bond donors (Lipinski definition) is 2. The van der Waals surface area contributed by atoms with Gasteiger partial charge in [0, 0.05) is 29.4 Å². The third kappa shape index (κ3) is 2.13. The topological polar surface area (TPSA) is 82.3 Å². The number of imide groups is 1. The second kappa shape index (κ2) is 5.19. The monoisotopic (exact) mass is 325 g/mol. The van der Waals surface area contributed by atoms with E-state index < -0.39 is 6.04 Å². The van der Waals surface area contributed by atoms with Crippen molar-refractivity contribution in [3.63, 3.8) is 0 Å². The van der Waals surface area contributed by atoms with Crippen LogP contribution in [0.5, 0.6) is 0 Å². The average molecular weight is 325 g/mol. The number of nitrogens with zero attached hydrogens (tertiary/aromatic N) is 1. The highest BCUT2D eigenvalue weighted by Gasteiger charge is 2.40. The number of nitrogens with one attached hydrogen (secondary N) is 2. The van der Waals surface area contributed by atoms with Crippen molar-refractivity contribution in [2.24, 2.45) is 0 Å². The summed E-state index contributed by atoms with van der Waals surface area (Å²) in [7, 11) is 0. The summed E-state index contributed by atoms with van der Waals surface area (Å²) >= 11 is 0. The van der Waals surface area contributed by atoms with Crippen molar-refractivity contribution in [3.05, 3.63) is 35.0 Å². The highest BCUT2D eigenvalue weighted by Crippen LogP contribution is 2.34. The molecule has 1 saturated heterocycles. The first-order chi connectivity index (χ1) is 11.5. The Morgan fingerprint density at radius 1 is 1.21 bits per heavy atom. The summed E-state index contributed by atoms with van der Waals surface area (Å²) in [5.74, 6) is -0.394. The van der Waals surface area contributed by atoms with Crippen LogP contribution in [0.25, 0.3) is 10.9 Å². The van der Waals surface area contributed by atoms with E-state index in [9.17, 15) is 14.4 Å². The smallest absolute Gasteiger partial charge is 0.271 e. The van der Waals surface area contributed by atoms with Gasteiger partial charge in [0.1, 0.15) is 11.7 Å². The molecule has 0 bridgehead atoms. The van der Waals surface area contributed by atoms with E-state index in [-0.39, 0.29) is 24.1 Å². The van der Waals surface area contributed by atoms with Crippen LogP contribution >= 0.6 is 0 Å². The second-order valence-corrected chi connectivity index (χ2v) is 6.84.